The Morgan fingerprint density at radius 2 is 2.00 bits per heavy atom. The minimum absolute atomic E-state index is 0. The molecule has 1 atom stereocenters. The summed E-state index contributed by atoms with van der Waals surface area (Å²) in [7, 11) is 0. The fourth-order valence-corrected chi connectivity index (χ4v) is 2.82. The van der Waals surface area contributed by atoms with E-state index in [9.17, 15) is 0 Å². The Morgan fingerprint density at radius 3 is 2.68 bits per heavy atom. The van der Waals surface area contributed by atoms with Crippen molar-refractivity contribution >= 4 is 29.9 Å². The highest BCUT2D eigenvalue weighted by Crippen LogP contribution is 2.18. The SMILES string of the molecule is CCNC(=NCc1cccc(-c2ccccn2)c1)NC(C)c1ccc(C)o1.I. The summed E-state index contributed by atoms with van der Waals surface area (Å²) in [5, 5.41) is 6.69. The molecule has 5 nitrogen and oxygen atoms in total. The number of benzene rings is 1. The van der Waals surface area contributed by atoms with Crippen LogP contribution in [0.1, 0.15) is 37.0 Å². The van der Waals surface area contributed by atoms with Gasteiger partial charge >= 0.3 is 0 Å². The van der Waals surface area contributed by atoms with Gasteiger partial charge in [0.25, 0.3) is 0 Å². The zero-order chi connectivity index (χ0) is 19.1. The first kappa shape index (κ1) is 21.9. The number of hydrogen-bond donors (Lipinski definition) is 2. The molecular formula is C22H27IN4O. The van der Waals surface area contributed by atoms with Crippen LogP contribution < -0.4 is 10.6 Å². The number of nitrogens with one attached hydrogen (secondary N) is 2. The van der Waals surface area contributed by atoms with Crippen LogP contribution in [0.3, 0.4) is 0 Å². The lowest BCUT2D eigenvalue weighted by Gasteiger charge is -2.16. The molecule has 148 valence electrons. The molecule has 3 rings (SSSR count). The summed E-state index contributed by atoms with van der Waals surface area (Å²) in [6.07, 6.45) is 1.81. The van der Waals surface area contributed by atoms with E-state index in [0.717, 1.165) is 40.8 Å². The Morgan fingerprint density at radius 1 is 1.14 bits per heavy atom. The third-order valence-electron chi connectivity index (χ3n) is 4.19. The largest absolute Gasteiger partial charge is 0.464 e. The van der Waals surface area contributed by atoms with E-state index in [1.165, 1.54) is 0 Å². The molecule has 0 spiro atoms. The molecule has 0 fully saturated rings. The van der Waals surface area contributed by atoms with Crippen LogP contribution in [-0.2, 0) is 6.54 Å². The summed E-state index contributed by atoms with van der Waals surface area (Å²) < 4.78 is 5.70. The molecule has 6 heteroatoms. The third kappa shape index (κ3) is 6.09. The van der Waals surface area contributed by atoms with E-state index in [0.29, 0.717) is 6.54 Å². The van der Waals surface area contributed by atoms with Gasteiger partial charge in [-0.3, -0.25) is 4.98 Å². The lowest BCUT2D eigenvalue weighted by atomic mass is 10.1. The van der Waals surface area contributed by atoms with Gasteiger partial charge in [0.1, 0.15) is 11.5 Å². The number of rotatable bonds is 6. The minimum atomic E-state index is 0. The van der Waals surface area contributed by atoms with Gasteiger partial charge in [-0.15, -0.1) is 24.0 Å². The van der Waals surface area contributed by atoms with Gasteiger partial charge in [0, 0.05) is 18.3 Å². The summed E-state index contributed by atoms with van der Waals surface area (Å²) in [5.41, 5.74) is 3.20. The number of halogens is 1. The van der Waals surface area contributed by atoms with E-state index in [2.05, 4.69) is 47.7 Å². The summed E-state index contributed by atoms with van der Waals surface area (Å²) in [6, 6.07) is 18.3. The van der Waals surface area contributed by atoms with Gasteiger partial charge in [0.15, 0.2) is 5.96 Å². The van der Waals surface area contributed by atoms with Gasteiger partial charge in [0.05, 0.1) is 18.3 Å². The van der Waals surface area contributed by atoms with Crippen molar-refractivity contribution in [2.75, 3.05) is 6.54 Å². The summed E-state index contributed by atoms with van der Waals surface area (Å²) in [5.74, 6) is 2.57. The van der Waals surface area contributed by atoms with Crippen molar-refractivity contribution < 1.29 is 4.42 Å². The zero-order valence-corrected chi connectivity index (χ0v) is 18.8. The maximum atomic E-state index is 5.70. The van der Waals surface area contributed by atoms with Crippen LogP contribution >= 0.6 is 24.0 Å². The average molecular weight is 490 g/mol. The predicted molar refractivity (Wildman–Crippen MR) is 125 cm³/mol. The average Bonchev–Trinajstić information content (AvgIpc) is 3.14. The second kappa shape index (κ2) is 10.8. The van der Waals surface area contributed by atoms with Crippen LogP contribution in [0.25, 0.3) is 11.3 Å². The van der Waals surface area contributed by atoms with Crippen LogP contribution in [0.2, 0.25) is 0 Å². The number of pyridine rings is 1. The smallest absolute Gasteiger partial charge is 0.192 e. The van der Waals surface area contributed by atoms with Crippen LogP contribution in [0.4, 0.5) is 0 Å². The molecule has 3 aromatic rings. The maximum Gasteiger partial charge on any atom is 0.192 e. The highest BCUT2D eigenvalue weighted by atomic mass is 127. The topological polar surface area (TPSA) is 62.5 Å². The zero-order valence-electron chi connectivity index (χ0n) is 16.5. The van der Waals surface area contributed by atoms with Crippen molar-refractivity contribution in [2.24, 2.45) is 4.99 Å². The van der Waals surface area contributed by atoms with Gasteiger partial charge in [-0.25, -0.2) is 4.99 Å². The van der Waals surface area contributed by atoms with Crippen LogP contribution in [-0.4, -0.2) is 17.5 Å². The monoisotopic (exact) mass is 490 g/mol. The molecule has 1 aromatic carbocycles. The Kier molecular flexibility index (Phi) is 8.50. The van der Waals surface area contributed by atoms with E-state index >= 15 is 0 Å². The Hall–Kier alpha value is -2.35. The van der Waals surface area contributed by atoms with Crippen molar-refractivity contribution in [1.82, 2.24) is 15.6 Å². The van der Waals surface area contributed by atoms with Crippen LogP contribution in [0, 0.1) is 6.92 Å². The first-order valence-electron chi connectivity index (χ1n) is 9.27. The molecule has 28 heavy (non-hydrogen) atoms. The molecular weight excluding hydrogens is 463 g/mol. The van der Waals surface area contributed by atoms with Crippen molar-refractivity contribution in [3.8, 4) is 11.3 Å². The van der Waals surface area contributed by atoms with E-state index in [1.807, 2.05) is 49.5 Å². The fraction of sp³-hybridized carbons (Fsp3) is 0.273. The molecule has 2 N–H and O–H groups in total. The van der Waals surface area contributed by atoms with E-state index < -0.39 is 0 Å². The first-order valence-corrected chi connectivity index (χ1v) is 9.27. The molecule has 0 aliphatic rings. The van der Waals surface area contributed by atoms with Gasteiger partial charge in [0.2, 0.25) is 0 Å². The van der Waals surface area contributed by atoms with E-state index in [-0.39, 0.29) is 30.0 Å². The summed E-state index contributed by atoms with van der Waals surface area (Å²) in [4.78, 5) is 9.14. The molecule has 0 saturated carbocycles. The number of hydrogen-bond acceptors (Lipinski definition) is 3. The molecule has 1 unspecified atom stereocenters. The Bertz CT molecular complexity index is 892. The number of furan rings is 1. The molecule has 2 heterocycles. The second-order valence-corrected chi connectivity index (χ2v) is 6.42. The van der Waals surface area contributed by atoms with Gasteiger partial charge in [-0.2, -0.15) is 0 Å². The normalized spacial score (nSPS) is 12.2. The Balaban J connectivity index is 0.00000280. The van der Waals surface area contributed by atoms with Crippen LogP contribution in [0.15, 0.2) is 70.2 Å². The van der Waals surface area contributed by atoms with Crippen molar-refractivity contribution in [3.05, 3.63) is 77.9 Å². The van der Waals surface area contributed by atoms with Crippen LogP contribution in [0.5, 0.6) is 0 Å². The molecule has 0 saturated heterocycles. The van der Waals surface area contributed by atoms with Gasteiger partial charge < -0.3 is 15.1 Å². The van der Waals surface area contributed by atoms with Crippen molar-refractivity contribution in [1.29, 1.82) is 0 Å². The quantitative estimate of drug-likeness (QED) is 0.287. The van der Waals surface area contributed by atoms with E-state index in [4.69, 9.17) is 9.41 Å². The highest BCUT2D eigenvalue weighted by molar-refractivity contribution is 14.0. The summed E-state index contributed by atoms with van der Waals surface area (Å²) in [6.45, 7) is 7.45. The lowest BCUT2D eigenvalue weighted by Crippen LogP contribution is -2.38. The number of aromatic nitrogens is 1. The molecule has 0 radical (unpaired) electrons. The standard InChI is InChI=1S/C22H26N4O.HI/c1-4-23-22(26-17(3)21-12-11-16(2)27-21)25-15-18-8-7-9-19(14-18)20-10-5-6-13-24-20;/h5-14,17H,4,15H2,1-3H3,(H2,23,25,26);1H. The lowest BCUT2D eigenvalue weighted by molar-refractivity contribution is 0.441. The predicted octanol–water partition coefficient (Wildman–Crippen LogP) is 5.08. The third-order valence-corrected chi connectivity index (χ3v) is 4.19. The van der Waals surface area contributed by atoms with Crippen molar-refractivity contribution in [2.45, 2.75) is 33.4 Å². The molecule has 2 aromatic heterocycles. The Labute approximate surface area is 183 Å². The molecule has 0 aliphatic carbocycles. The summed E-state index contributed by atoms with van der Waals surface area (Å²) >= 11 is 0. The molecule has 0 amide bonds. The molecule has 0 aliphatic heterocycles. The number of guanidine groups is 1. The van der Waals surface area contributed by atoms with E-state index in [1.54, 1.807) is 0 Å². The first-order chi connectivity index (χ1) is 13.2. The fourth-order valence-electron chi connectivity index (χ4n) is 2.82. The van der Waals surface area contributed by atoms with Gasteiger partial charge in [-0.1, -0.05) is 24.3 Å². The van der Waals surface area contributed by atoms with Crippen molar-refractivity contribution in [3.63, 3.8) is 0 Å². The number of nitrogens with zero attached hydrogens (tertiary/aromatic N) is 2. The molecule has 0 bridgehead atoms. The minimum Gasteiger partial charge on any atom is -0.464 e. The maximum absolute atomic E-state index is 5.70. The number of aliphatic imine (C=N–C) groups is 1. The van der Waals surface area contributed by atoms with Gasteiger partial charge in [-0.05, 0) is 56.7 Å². The second-order valence-electron chi connectivity index (χ2n) is 6.42. The highest BCUT2D eigenvalue weighted by Gasteiger charge is 2.11. The number of aryl methyl sites for hydroxylation is 1.